The van der Waals surface area contributed by atoms with E-state index in [2.05, 4.69) is 4.72 Å². The van der Waals surface area contributed by atoms with Crippen molar-refractivity contribution in [3.63, 3.8) is 0 Å². The summed E-state index contributed by atoms with van der Waals surface area (Å²) in [6, 6.07) is 6.98. The van der Waals surface area contributed by atoms with Crippen molar-refractivity contribution in [1.82, 2.24) is 4.72 Å². The van der Waals surface area contributed by atoms with Gasteiger partial charge in [-0.1, -0.05) is 13.8 Å². The van der Waals surface area contributed by atoms with Gasteiger partial charge >= 0.3 is 5.97 Å². The summed E-state index contributed by atoms with van der Waals surface area (Å²) in [7, 11) is -4.10. The molecule has 0 bridgehead atoms. The molecular formula is C17H16N2O7S. The first kappa shape index (κ1) is 18.8. The number of nitro groups is 1. The molecule has 3 aromatic rings. The van der Waals surface area contributed by atoms with Gasteiger partial charge in [-0.2, -0.15) is 4.72 Å². The molecule has 0 fully saturated rings. The number of nitrogens with zero attached hydrogens (tertiary/aromatic N) is 1. The van der Waals surface area contributed by atoms with E-state index in [1.807, 2.05) is 0 Å². The van der Waals surface area contributed by atoms with Crippen LogP contribution in [-0.2, 0) is 14.8 Å². The van der Waals surface area contributed by atoms with E-state index in [1.54, 1.807) is 13.8 Å². The number of carboxylic acids is 1. The molecule has 1 atom stereocenters. The normalized spacial score (nSPS) is 13.3. The Balaban J connectivity index is 2.06. The van der Waals surface area contributed by atoms with E-state index in [0.717, 1.165) is 0 Å². The minimum atomic E-state index is -4.10. The lowest BCUT2D eigenvalue weighted by atomic mass is 10.1. The topological polar surface area (TPSA) is 140 Å². The van der Waals surface area contributed by atoms with Crippen molar-refractivity contribution in [3.8, 4) is 0 Å². The van der Waals surface area contributed by atoms with Crippen LogP contribution in [0.3, 0.4) is 0 Å². The summed E-state index contributed by atoms with van der Waals surface area (Å²) in [5, 5.41) is 21.3. The summed E-state index contributed by atoms with van der Waals surface area (Å²) in [5.41, 5.74) is 0.342. The van der Waals surface area contributed by atoms with Gasteiger partial charge in [-0.25, -0.2) is 8.42 Å². The van der Waals surface area contributed by atoms with Gasteiger partial charge in [0.1, 0.15) is 17.2 Å². The molecule has 0 saturated heterocycles. The average molecular weight is 392 g/mol. The maximum absolute atomic E-state index is 12.5. The van der Waals surface area contributed by atoms with Crippen LogP contribution < -0.4 is 4.72 Å². The number of fused-ring (bicyclic) bond motifs is 3. The number of hydrogen-bond donors (Lipinski definition) is 2. The smallest absolute Gasteiger partial charge is 0.322 e. The Morgan fingerprint density at radius 2 is 1.74 bits per heavy atom. The minimum Gasteiger partial charge on any atom is -0.480 e. The van der Waals surface area contributed by atoms with E-state index >= 15 is 0 Å². The molecule has 0 aliphatic rings. The van der Waals surface area contributed by atoms with Crippen molar-refractivity contribution in [2.75, 3.05) is 0 Å². The van der Waals surface area contributed by atoms with E-state index in [1.165, 1.54) is 36.4 Å². The number of sulfonamides is 1. The van der Waals surface area contributed by atoms with Crippen LogP contribution in [0.25, 0.3) is 21.9 Å². The Morgan fingerprint density at radius 3 is 2.30 bits per heavy atom. The summed E-state index contributed by atoms with van der Waals surface area (Å²) in [4.78, 5) is 21.4. The molecule has 0 amide bonds. The van der Waals surface area contributed by atoms with Crippen LogP contribution in [0.4, 0.5) is 5.69 Å². The molecule has 0 aliphatic carbocycles. The van der Waals surface area contributed by atoms with E-state index < -0.39 is 32.9 Å². The van der Waals surface area contributed by atoms with Crippen molar-refractivity contribution < 1.29 is 27.7 Å². The quantitative estimate of drug-likeness (QED) is 0.485. The monoisotopic (exact) mass is 392 g/mol. The summed E-state index contributed by atoms with van der Waals surface area (Å²) >= 11 is 0. The maximum Gasteiger partial charge on any atom is 0.322 e. The van der Waals surface area contributed by atoms with Crippen molar-refractivity contribution >= 4 is 43.6 Å². The molecule has 10 heteroatoms. The van der Waals surface area contributed by atoms with Gasteiger partial charge in [-0.3, -0.25) is 14.9 Å². The van der Waals surface area contributed by atoms with E-state index in [-0.39, 0.29) is 21.7 Å². The number of carbonyl (C=O) groups is 1. The third-order valence-corrected chi connectivity index (χ3v) is 5.60. The van der Waals surface area contributed by atoms with Gasteiger partial charge in [-0.05, 0) is 24.1 Å². The molecule has 2 N–H and O–H groups in total. The SMILES string of the molecule is CC(C)[C@H](NS(=O)(=O)c1ccc2c(c1)oc1cc([N+](=O)[O-])ccc12)C(=O)O. The number of nitrogens with one attached hydrogen (secondary N) is 1. The summed E-state index contributed by atoms with van der Waals surface area (Å²) in [6.07, 6.45) is 0. The molecule has 27 heavy (non-hydrogen) atoms. The fraction of sp³-hybridized carbons (Fsp3) is 0.235. The Morgan fingerprint density at radius 1 is 1.15 bits per heavy atom. The van der Waals surface area contributed by atoms with Gasteiger partial charge in [0, 0.05) is 22.9 Å². The third kappa shape index (κ3) is 3.49. The molecule has 2 aromatic carbocycles. The molecule has 1 aromatic heterocycles. The molecule has 0 unspecified atom stereocenters. The Hall–Kier alpha value is -2.98. The first-order valence-corrected chi connectivity index (χ1v) is 9.44. The maximum atomic E-state index is 12.5. The highest BCUT2D eigenvalue weighted by molar-refractivity contribution is 7.89. The fourth-order valence-electron chi connectivity index (χ4n) is 2.73. The average Bonchev–Trinajstić information content (AvgIpc) is 2.95. The van der Waals surface area contributed by atoms with Crippen LogP contribution in [0.5, 0.6) is 0 Å². The highest BCUT2D eigenvalue weighted by Gasteiger charge is 2.28. The number of nitro benzene ring substituents is 1. The van der Waals surface area contributed by atoms with Crippen LogP contribution in [0.15, 0.2) is 45.7 Å². The first-order valence-electron chi connectivity index (χ1n) is 7.96. The molecule has 0 radical (unpaired) electrons. The van der Waals surface area contributed by atoms with E-state index in [4.69, 9.17) is 4.42 Å². The summed E-state index contributed by atoms with van der Waals surface area (Å²) in [6.45, 7) is 3.19. The number of furan rings is 1. The zero-order valence-electron chi connectivity index (χ0n) is 14.4. The molecule has 0 spiro atoms. The second-order valence-electron chi connectivity index (χ2n) is 6.38. The van der Waals surface area contributed by atoms with Crippen molar-refractivity contribution in [1.29, 1.82) is 0 Å². The zero-order valence-corrected chi connectivity index (χ0v) is 15.2. The van der Waals surface area contributed by atoms with Gasteiger partial charge in [-0.15, -0.1) is 0 Å². The number of aliphatic carboxylic acids is 1. The van der Waals surface area contributed by atoms with Gasteiger partial charge in [0.25, 0.3) is 5.69 Å². The van der Waals surface area contributed by atoms with Gasteiger partial charge in [0.15, 0.2) is 0 Å². The Kier molecular flexibility index (Phi) is 4.62. The molecular weight excluding hydrogens is 376 g/mol. The molecule has 142 valence electrons. The Bertz CT molecular complexity index is 1160. The lowest BCUT2D eigenvalue weighted by molar-refractivity contribution is -0.384. The molecule has 3 rings (SSSR count). The second-order valence-corrected chi connectivity index (χ2v) is 8.09. The van der Waals surface area contributed by atoms with Gasteiger partial charge < -0.3 is 9.52 Å². The minimum absolute atomic E-state index is 0.141. The standard InChI is InChI=1S/C17H16N2O7S/c1-9(2)16(17(20)21)18-27(24,25)11-4-6-13-12-5-3-10(19(22)23)7-14(12)26-15(13)8-11/h3-9,16,18H,1-2H3,(H,20,21)/t16-/m0/s1. The van der Waals surface area contributed by atoms with Gasteiger partial charge in [0.05, 0.1) is 15.9 Å². The highest BCUT2D eigenvalue weighted by Crippen LogP contribution is 2.32. The van der Waals surface area contributed by atoms with Crippen LogP contribution in [-0.4, -0.2) is 30.5 Å². The van der Waals surface area contributed by atoms with Crippen LogP contribution >= 0.6 is 0 Å². The van der Waals surface area contributed by atoms with Crippen LogP contribution in [0.2, 0.25) is 0 Å². The molecule has 0 aliphatic heterocycles. The number of non-ortho nitro benzene ring substituents is 1. The van der Waals surface area contributed by atoms with E-state index in [9.17, 15) is 28.4 Å². The molecule has 9 nitrogen and oxygen atoms in total. The van der Waals surface area contributed by atoms with E-state index in [0.29, 0.717) is 10.8 Å². The highest BCUT2D eigenvalue weighted by atomic mass is 32.2. The third-order valence-electron chi connectivity index (χ3n) is 4.16. The zero-order chi connectivity index (χ0) is 19.9. The predicted molar refractivity (Wildman–Crippen MR) is 97.0 cm³/mol. The summed E-state index contributed by atoms with van der Waals surface area (Å²) < 4.78 is 32.8. The lowest BCUT2D eigenvalue weighted by Crippen LogP contribution is -2.44. The largest absolute Gasteiger partial charge is 0.480 e. The van der Waals surface area contributed by atoms with Crippen LogP contribution in [0.1, 0.15) is 13.8 Å². The van der Waals surface area contributed by atoms with Crippen LogP contribution in [0, 0.1) is 16.0 Å². The van der Waals surface area contributed by atoms with Crippen molar-refractivity contribution in [3.05, 3.63) is 46.5 Å². The summed E-state index contributed by atoms with van der Waals surface area (Å²) in [5.74, 6) is -1.72. The number of benzene rings is 2. The number of rotatable bonds is 6. The fourth-order valence-corrected chi connectivity index (χ4v) is 4.09. The Labute approximate surface area is 153 Å². The first-order chi connectivity index (χ1) is 12.6. The lowest BCUT2D eigenvalue weighted by Gasteiger charge is -2.17. The number of carboxylic acid groups (broad SMARTS) is 1. The second kappa shape index (κ2) is 6.63. The molecule has 0 saturated carbocycles. The number of hydrogen-bond acceptors (Lipinski definition) is 6. The van der Waals surface area contributed by atoms with Crippen molar-refractivity contribution in [2.45, 2.75) is 24.8 Å². The molecule has 1 heterocycles. The van der Waals surface area contributed by atoms with Gasteiger partial charge in [0.2, 0.25) is 10.0 Å². The van der Waals surface area contributed by atoms with Crippen molar-refractivity contribution in [2.24, 2.45) is 5.92 Å². The predicted octanol–water partition coefficient (Wildman–Crippen LogP) is 2.88.